The van der Waals surface area contributed by atoms with Gasteiger partial charge in [-0.15, -0.1) is 0 Å². The van der Waals surface area contributed by atoms with Gasteiger partial charge in [0.15, 0.2) is 5.76 Å². The van der Waals surface area contributed by atoms with Crippen molar-refractivity contribution in [1.29, 1.82) is 0 Å². The fourth-order valence-corrected chi connectivity index (χ4v) is 3.53. The van der Waals surface area contributed by atoms with Crippen LogP contribution < -0.4 is 5.32 Å². The molecule has 0 unspecified atom stereocenters. The molecule has 8 heteroatoms. The molecule has 1 atom stereocenters. The van der Waals surface area contributed by atoms with Crippen molar-refractivity contribution in [3.8, 4) is 11.3 Å². The molecule has 1 amide bonds. The van der Waals surface area contributed by atoms with Gasteiger partial charge in [0, 0.05) is 20.6 Å². The maximum absolute atomic E-state index is 11.4. The topological polar surface area (TPSA) is 75.4 Å². The van der Waals surface area contributed by atoms with E-state index >= 15 is 0 Å². The van der Waals surface area contributed by atoms with Crippen LogP contribution in [0.4, 0.5) is 4.79 Å². The Hall–Kier alpha value is -2.02. The van der Waals surface area contributed by atoms with E-state index in [0.29, 0.717) is 39.0 Å². The number of hydrogen-bond acceptors (Lipinski definition) is 3. The second-order valence-electron chi connectivity index (χ2n) is 5.94. The number of halogens is 3. The summed E-state index contributed by atoms with van der Waals surface area (Å²) in [6.45, 7) is 1.77. The van der Waals surface area contributed by atoms with E-state index in [9.17, 15) is 9.90 Å². The van der Waals surface area contributed by atoms with Gasteiger partial charge in [-0.2, -0.15) is 0 Å². The summed E-state index contributed by atoms with van der Waals surface area (Å²) < 4.78 is 6.27. The van der Waals surface area contributed by atoms with Gasteiger partial charge < -0.3 is 14.9 Å². The first-order valence-corrected chi connectivity index (χ1v) is 9.56. The molecule has 5 nitrogen and oxygen atoms in total. The first-order valence-electron chi connectivity index (χ1n) is 8.01. The van der Waals surface area contributed by atoms with Gasteiger partial charge >= 0.3 is 6.09 Å². The van der Waals surface area contributed by atoms with E-state index in [1.807, 2.05) is 24.3 Å². The summed E-state index contributed by atoms with van der Waals surface area (Å²) in [6, 6.07) is 12.1. The Morgan fingerprint density at radius 3 is 2.67 bits per heavy atom. The van der Waals surface area contributed by atoms with Gasteiger partial charge in [0.1, 0.15) is 0 Å². The van der Waals surface area contributed by atoms with Crippen LogP contribution in [-0.4, -0.2) is 16.4 Å². The monoisotopic (exact) mass is 468 g/mol. The van der Waals surface area contributed by atoms with Gasteiger partial charge in [-0.1, -0.05) is 46.6 Å². The third kappa shape index (κ3) is 4.46. The Bertz CT molecular complexity index is 991. The lowest BCUT2D eigenvalue weighted by Gasteiger charge is -2.18. The van der Waals surface area contributed by atoms with E-state index < -0.39 is 12.1 Å². The van der Waals surface area contributed by atoms with Crippen molar-refractivity contribution in [3.05, 3.63) is 73.8 Å². The van der Waals surface area contributed by atoms with Crippen molar-refractivity contribution >= 4 is 45.2 Å². The average molecular weight is 470 g/mol. The molecule has 0 bridgehead atoms. The molecule has 0 aliphatic carbocycles. The number of aromatic nitrogens is 1. The number of hydrogen-bond donors (Lipinski definition) is 2. The highest BCUT2D eigenvalue weighted by molar-refractivity contribution is 9.10. The summed E-state index contributed by atoms with van der Waals surface area (Å²) >= 11 is 15.8. The lowest BCUT2D eigenvalue weighted by atomic mass is 9.95. The van der Waals surface area contributed by atoms with Crippen LogP contribution in [0.3, 0.4) is 0 Å². The fourth-order valence-electron chi connectivity index (χ4n) is 2.89. The van der Waals surface area contributed by atoms with Crippen molar-refractivity contribution < 1.29 is 14.4 Å². The van der Waals surface area contributed by atoms with Crippen molar-refractivity contribution in [2.45, 2.75) is 19.4 Å². The summed E-state index contributed by atoms with van der Waals surface area (Å²) in [5, 5.41) is 17.0. The molecule has 1 aromatic heterocycles. The first kappa shape index (κ1) is 19.7. The first-order chi connectivity index (χ1) is 12.9. The van der Waals surface area contributed by atoms with Gasteiger partial charge in [-0.05, 0) is 59.1 Å². The van der Waals surface area contributed by atoms with Gasteiger partial charge in [-0.25, -0.2) is 4.79 Å². The predicted molar refractivity (Wildman–Crippen MR) is 108 cm³/mol. The number of carboxylic acid groups (broad SMARTS) is 1. The molecular weight excluding hydrogens is 455 g/mol. The predicted octanol–water partition coefficient (Wildman–Crippen LogP) is 6.27. The smallest absolute Gasteiger partial charge is 0.405 e. The van der Waals surface area contributed by atoms with E-state index in [4.69, 9.17) is 27.7 Å². The largest absolute Gasteiger partial charge is 0.465 e. The van der Waals surface area contributed by atoms with Crippen molar-refractivity contribution in [2.24, 2.45) is 0 Å². The molecule has 2 aromatic carbocycles. The van der Waals surface area contributed by atoms with Crippen LogP contribution in [0.5, 0.6) is 0 Å². The zero-order valence-electron chi connectivity index (χ0n) is 14.2. The Labute approximate surface area is 174 Å². The van der Waals surface area contributed by atoms with Crippen LogP contribution in [0.1, 0.15) is 22.9 Å². The molecule has 0 aliphatic heterocycles. The third-order valence-corrected chi connectivity index (χ3v) is 5.72. The second kappa shape index (κ2) is 8.33. The number of rotatable bonds is 5. The number of benzene rings is 2. The Morgan fingerprint density at radius 2 is 2.00 bits per heavy atom. The quantitative estimate of drug-likeness (QED) is 0.461. The molecule has 3 aromatic rings. The third-order valence-electron chi connectivity index (χ3n) is 4.12. The molecule has 0 fully saturated rings. The zero-order chi connectivity index (χ0) is 19.6. The second-order valence-corrected chi connectivity index (χ2v) is 7.61. The van der Waals surface area contributed by atoms with Crippen LogP contribution in [0.25, 0.3) is 11.3 Å². The summed E-state index contributed by atoms with van der Waals surface area (Å²) in [5.74, 6) is 0.465. The standard InChI is InChI=1S/C19H15BrCl2N2O3/c1-10-17(18(27-24-10)12-6-7-13(20)15(22)8-12)16(23-19(25)26)9-11-4-2-3-5-14(11)21/h2-8,16,23H,9H2,1H3,(H,25,26)/t16-/m1/s1. The van der Waals surface area contributed by atoms with E-state index in [2.05, 4.69) is 26.4 Å². The minimum atomic E-state index is -1.15. The lowest BCUT2D eigenvalue weighted by Crippen LogP contribution is -2.29. The average Bonchev–Trinajstić information content (AvgIpc) is 3.00. The molecule has 0 saturated heterocycles. The van der Waals surface area contributed by atoms with Gasteiger partial charge in [0.05, 0.1) is 16.8 Å². The Balaban J connectivity index is 2.07. The van der Waals surface area contributed by atoms with Gasteiger partial charge in [0.25, 0.3) is 0 Å². The van der Waals surface area contributed by atoms with Crippen LogP contribution >= 0.6 is 39.1 Å². The SMILES string of the molecule is Cc1noc(-c2ccc(Br)c(Cl)c2)c1[C@@H](Cc1ccccc1Cl)NC(=O)O. The molecule has 0 saturated carbocycles. The zero-order valence-corrected chi connectivity index (χ0v) is 17.3. The van der Waals surface area contributed by atoms with Crippen molar-refractivity contribution in [3.63, 3.8) is 0 Å². The van der Waals surface area contributed by atoms with Crippen LogP contribution in [-0.2, 0) is 6.42 Å². The molecule has 140 valence electrons. The van der Waals surface area contributed by atoms with Crippen LogP contribution in [0, 0.1) is 6.92 Å². The highest BCUT2D eigenvalue weighted by Crippen LogP contribution is 2.36. The minimum absolute atomic E-state index is 0.352. The van der Waals surface area contributed by atoms with Gasteiger partial charge in [0.2, 0.25) is 0 Å². The summed E-state index contributed by atoms with van der Waals surface area (Å²) in [7, 11) is 0. The molecule has 0 radical (unpaired) electrons. The van der Waals surface area contributed by atoms with Crippen molar-refractivity contribution in [1.82, 2.24) is 10.5 Å². The maximum Gasteiger partial charge on any atom is 0.405 e. The Morgan fingerprint density at radius 1 is 1.26 bits per heavy atom. The van der Waals surface area contributed by atoms with Crippen LogP contribution in [0.2, 0.25) is 10.0 Å². The van der Waals surface area contributed by atoms with E-state index in [-0.39, 0.29) is 0 Å². The molecule has 0 spiro atoms. The summed E-state index contributed by atoms with van der Waals surface area (Å²) in [6.07, 6.45) is -0.793. The summed E-state index contributed by atoms with van der Waals surface area (Å²) in [5.41, 5.74) is 2.76. The lowest BCUT2D eigenvalue weighted by molar-refractivity contribution is 0.190. The molecule has 3 rings (SSSR count). The van der Waals surface area contributed by atoms with Crippen molar-refractivity contribution in [2.75, 3.05) is 0 Å². The Kier molecular flexibility index (Phi) is 6.09. The van der Waals surface area contributed by atoms with E-state index in [0.717, 1.165) is 10.0 Å². The highest BCUT2D eigenvalue weighted by Gasteiger charge is 2.26. The van der Waals surface area contributed by atoms with Crippen LogP contribution in [0.15, 0.2) is 51.5 Å². The number of carbonyl (C=O) groups is 1. The molecule has 27 heavy (non-hydrogen) atoms. The number of aryl methyl sites for hydroxylation is 1. The minimum Gasteiger partial charge on any atom is -0.465 e. The highest BCUT2D eigenvalue weighted by atomic mass is 79.9. The summed E-state index contributed by atoms with van der Waals surface area (Å²) in [4.78, 5) is 11.4. The number of nitrogens with zero attached hydrogens (tertiary/aromatic N) is 1. The number of nitrogens with one attached hydrogen (secondary N) is 1. The molecular formula is C19H15BrCl2N2O3. The molecule has 0 aliphatic rings. The maximum atomic E-state index is 11.4. The van der Waals surface area contributed by atoms with E-state index in [1.165, 1.54) is 0 Å². The number of amides is 1. The normalized spacial score (nSPS) is 12.0. The van der Waals surface area contributed by atoms with Gasteiger partial charge in [-0.3, -0.25) is 0 Å². The molecule has 2 N–H and O–H groups in total. The fraction of sp³-hybridized carbons (Fsp3) is 0.158. The van der Waals surface area contributed by atoms with E-state index in [1.54, 1.807) is 25.1 Å². The molecule has 1 heterocycles.